The third kappa shape index (κ3) is 10.4. The summed E-state index contributed by atoms with van der Waals surface area (Å²) in [6.45, 7) is 30.0. The van der Waals surface area contributed by atoms with Crippen LogP contribution in [0.5, 0.6) is 0 Å². The summed E-state index contributed by atoms with van der Waals surface area (Å²) >= 11 is 0. The summed E-state index contributed by atoms with van der Waals surface area (Å²) in [5.41, 5.74) is 2.04. The first-order valence-electron chi connectivity index (χ1n) is 23.3. The van der Waals surface area contributed by atoms with Gasteiger partial charge in [0.1, 0.15) is 30.0 Å². The standard InChI is InChI=1S/C55H76O6Si3/c1-52(2,3)62(10,11)60-50-48(41-57-55(42-29-19-14-20-30-42,43-31-21-15-22-32-43)44-33-23-16-24-34-44)59-47(49(56)51(50)61-63(12,13)53(4,5)6)39-40-58-64(54(7,8)9,45-35-25-17-26-36-45)46-37-27-18-28-38-46/h14-38,47-51,56H,39-41H2,1-13H3/t47-,48-,49+,50-,51-/m1/s1. The van der Waals surface area contributed by atoms with Crippen molar-refractivity contribution in [2.75, 3.05) is 13.2 Å². The Morgan fingerprint density at radius 2 is 0.844 bits per heavy atom. The van der Waals surface area contributed by atoms with E-state index in [0.717, 1.165) is 16.7 Å². The van der Waals surface area contributed by atoms with Crippen LogP contribution >= 0.6 is 0 Å². The second-order valence-electron chi connectivity index (χ2n) is 21.8. The highest BCUT2D eigenvalue weighted by Crippen LogP contribution is 2.46. The maximum absolute atomic E-state index is 12.9. The molecule has 0 aliphatic carbocycles. The van der Waals surface area contributed by atoms with Crippen LogP contribution in [-0.2, 0) is 28.4 Å². The topological polar surface area (TPSA) is 66.4 Å². The molecule has 5 atom stereocenters. The van der Waals surface area contributed by atoms with Gasteiger partial charge >= 0.3 is 0 Å². The molecule has 1 heterocycles. The average Bonchev–Trinajstić information content (AvgIpc) is 3.25. The van der Waals surface area contributed by atoms with Gasteiger partial charge in [-0.1, -0.05) is 214 Å². The lowest BCUT2D eigenvalue weighted by Crippen LogP contribution is -2.67. The monoisotopic (exact) mass is 916 g/mol. The van der Waals surface area contributed by atoms with Gasteiger partial charge in [0, 0.05) is 6.61 Å². The highest BCUT2D eigenvalue weighted by Gasteiger charge is 2.55. The molecular weight excluding hydrogens is 841 g/mol. The van der Waals surface area contributed by atoms with Gasteiger partial charge in [-0.3, -0.25) is 0 Å². The largest absolute Gasteiger partial charge is 0.408 e. The molecule has 64 heavy (non-hydrogen) atoms. The molecule has 6 nitrogen and oxygen atoms in total. The van der Waals surface area contributed by atoms with Gasteiger partial charge in [-0.15, -0.1) is 0 Å². The number of rotatable bonds is 16. The third-order valence-corrected chi connectivity index (χ3v) is 28.4. The second-order valence-corrected chi connectivity index (χ2v) is 35.6. The molecule has 344 valence electrons. The van der Waals surface area contributed by atoms with Crippen LogP contribution in [0.3, 0.4) is 0 Å². The van der Waals surface area contributed by atoms with Crippen molar-refractivity contribution in [2.24, 2.45) is 0 Å². The Morgan fingerprint density at radius 3 is 1.20 bits per heavy atom. The Labute approximate surface area is 389 Å². The zero-order valence-electron chi connectivity index (χ0n) is 40.9. The zero-order chi connectivity index (χ0) is 46.6. The van der Waals surface area contributed by atoms with Gasteiger partial charge in [-0.25, -0.2) is 0 Å². The number of hydrogen-bond acceptors (Lipinski definition) is 6. The van der Waals surface area contributed by atoms with Gasteiger partial charge in [0.05, 0.1) is 12.7 Å². The highest BCUT2D eigenvalue weighted by atomic mass is 28.4. The second kappa shape index (κ2) is 19.8. The van der Waals surface area contributed by atoms with Gasteiger partial charge in [0.25, 0.3) is 8.32 Å². The van der Waals surface area contributed by atoms with Crippen molar-refractivity contribution in [1.29, 1.82) is 0 Å². The summed E-state index contributed by atoms with van der Waals surface area (Å²) in [7, 11) is -7.86. The smallest absolute Gasteiger partial charge is 0.261 e. The summed E-state index contributed by atoms with van der Waals surface area (Å²) in [5, 5.41) is 14.8. The molecule has 0 bridgehead atoms. The Bertz CT molecular complexity index is 2050. The van der Waals surface area contributed by atoms with Crippen molar-refractivity contribution in [3.05, 3.63) is 168 Å². The first kappa shape index (κ1) is 49.9. The summed E-state index contributed by atoms with van der Waals surface area (Å²) in [6, 6.07) is 52.8. The Morgan fingerprint density at radius 1 is 0.484 bits per heavy atom. The fourth-order valence-electron chi connectivity index (χ4n) is 8.75. The third-order valence-electron chi connectivity index (χ3n) is 14.4. The van der Waals surface area contributed by atoms with Crippen LogP contribution in [0.4, 0.5) is 0 Å². The van der Waals surface area contributed by atoms with Crippen LogP contribution in [0.1, 0.15) is 85.4 Å². The van der Waals surface area contributed by atoms with Crippen molar-refractivity contribution < 1.29 is 27.9 Å². The lowest BCUT2D eigenvalue weighted by Gasteiger charge is -2.52. The maximum atomic E-state index is 12.9. The number of benzene rings is 5. The quantitative estimate of drug-likeness (QED) is 0.0786. The molecule has 0 radical (unpaired) electrons. The zero-order valence-corrected chi connectivity index (χ0v) is 43.9. The lowest BCUT2D eigenvalue weighted by atomic mass is 9.80. The van der Waals surface area contributed by atoms with Crippen molar-refractivity contribution in [3.63, 3.8) is 0 Å². The van der Waals surface area contributed by atoms with E-state index in [1.165, 1.54) is 10.4 Å². The van der Waals surface area contributed by atoms with Gasteiger partial charge in [-0.2, -0.15) is 0 Å². The minimum Gasteiger partial charge on any atom is -0.408 e. The van der Waals surface area contributed by atoms with Crippen molar-refractivity contribution in [1.82, 2.24) is 0 Å². The van der Waals surface area contributed by atoms with Crippen LogP contribution in [0.15, 0.2) is 152 Å². The molecule has 1 aliphatic heterocycles. The van der Waals surface area contributed by atoms with E-state index >= 15 is 0 Å². The fraction of sp³-hybridized carbons (Fsp3) is 0.455. The van der Waals surface area contributed by atoms with Crippen molar-refractivity contribution in [2.45, 2.75) is 146 Å². The SMILES string of the molecule is CC(C)(C)[Si](C)(C)O[C@@H]1[C@@H](O)[C@@H](CCO[Si](c2ccccc2)(c2ccccc2)C(C)(C)C)O[C@H](COC(c2ccccc2)(c2ccccc2)c2ccccc2)[C@H]1O[Si](C)(C)C(C)(C)C. The van der Waals surface area contributed by atoms with E-state index in [-0.39, 0.29) is 21.7 Å². The lowest BCUT2D eigenvalue weighted by molar-refractivity contribution is -0.232. The molecule has 5 aromatic rings. The van der Waals surface area contributed by atoms with Gasteiger partial charge < -0.3 is 27.9 Å². The molecule has 0 spiro atoms. The number of aliphatic hydroxyl groups is 1. The first-order chi connectivity index (χ1) is 30.1. The first-order valence-corrected chi connectivity index (χ1v) is 31.0. The molecule has 0 aromatic heterocycles. The molecule has 9 heteroatoms. The van der Waals surface area contributed by atoms with Crippen molar-refractivity contribution >= 4 is 35.3 Å². The molecule has 5 aromatic carbocycles. The average molecular weight is 917 g/mol. The Balaban J connectivity index is 1.46. The Kier molecular flexibility index (Phi) is 15.4. The summed E-state index contributed by atoms with van der Waals surface area (Å²) in [4.78, 5) is 0. The molecule has 6 rings (SSSR count). The van der Waals surface area contributed by atoms with Crippen LogP contribution in [-0.4, -0.2) is 73.8 Å². The molecule has 1 N–H and O–H groups in total. The normalized spacial score (nSPS) is 20.6. The fourth-order valence-corrected chi connectivity index (χ4v) is 16.0. The van der Waals surface area contributed by atoms with Crippen molar-refractivity contribution in [3.8, 4) is 0 Å². The molecule has 1 fully saturated rings. The molecule has 0 amide bonds. The van der Waals surface area contributed by atoms with Crippen LogP contribution in [0.25, 0.3) is 0 Å². The van der Waals surface area contributed by atoms with Crippen LogP contribution in [0.2, 0.25) is 41.3 Å². The summed E-state index contributed by atoms with van der Waals surface area (Å²) in [6.07, 6.45) is -3.03. The van der Waals surface area contributed by atoms with E-state index in [1.807, 2.05) is 18.2 Å². The summed E-state index contributed by atoms with van der Waals surface area (Å²) in [5.74, 6) is 0. The van der Waals surface area contributed by atoms with E-state index in [2.05, 4.69) is 222 Å². The maximum Gasteiger partial charge on any atom is 0.261 e. The molecule has 1 saturated heterocycles. The van der Waals surface area contributed by atoms with Gasteiger partial charge in [0.15, 0.2) is 16.6 Å². The summed E-state index contributed by atoms with van der Waals surface area (Å²) < 4.78 is 37.2. The Hall–Kier alpha value is -3.49. The highest BCUT2D eigenvalue weighted by molar-refractivity contribution is 6.99. The van der Waals surface area contributed by atoms with Gasteiger partial charge in [-0.05, 0) is 74.8 Å². The minimum absolute atomic E-state index is 0.118. The van der Waals surface area contributed by atoms with E-state index in [1.54, 1.807) is 0 Å². The molecular formula is C55H76O6Si3. The van der Waals surface area contributed by atoms with Gasteiger partial charge in [0.2, 0.25) is 0 Å². The van der Waals surface area contributed by atoms with E-state index in [0.29, 0.717) is 13.0 Å². The predicted molar refractivity (Wildman–Crippen MR) is 272 cm³/mol. The molecule has 0 saturated carbocycles. The number of ether oxygens (including phenoxy) is 2. The van der Waals surface area contributed by atoms with Crippen LogP contribution < -0.4 is 10.4 Å². The van der Waals surface area contributed by atoms with E-state index in [4.69, 9.17) is 22.8 Å². The van der Waals surface area contributed by atoms with E-state index < -0.39 is 61.1 Å². The number of aliphatic hydroxyl groups excluding tert-OH is 1. The molecule has 1 aliphatic rings. The van der Waals surface area contributed by atoms with E-state index in [9.17, 15) is 5.11 Å². The number of hydrogen-bond donors (Lipinski definition) is 1. The minimum atomic E-state index is -2.88. The van der Waals surface area contributed by atoms with Crippen LogP contribution in [0, 0.1) is 0 Å². The predicted octanol–water partition coefficient (Wildman–Crippen LogP) is 11.9. The molecule has 0 unspecified atom stereocenters.